The van der Waals surface area contributed by atoms with Gasteiger partial charge in [0.25, 0.3) is 5.91 Å². The average Bonchev–Trinajstić information content (AvgIpc) is 2.32. The fourth-order valence-corrected chi connectivity index (χ4v) is 2.07. The van der Waals surface area contributed by atoms with E-state index in [2.05, 4.69) is 10.3 Å². The van der Waals surface area contributed by atoms with Gasteiger partial charge >= 0.3 is 0 Å². The Bertz CT molecular complexity index is 401. The normalized spacial score (nSPS) is 15.2. The van der Waals surface area contributed by atoms with Crippen molar-refractivity contribution in [3.8, 4) is 0 Å². The molecule has 0 atom stereocenters. The molecule has 0 saturated heterocycles. The van der Waals surface area contributed by atoms with Crippen molar-refractivity contribution in [2.75, 3.05) is 26.0 Å². The van der Waals surface area contributed by atoms with Crippen LogP contribution in [-0.4, -0.2) is 36.4 Å². The van der Waals surface area contributed by atoms with E-state index in [1.807, 2.05) is 11.9 Å². The van der Waals surface area contributed by atoms with Crippen LogP contribution in [0.5, 0.6) is 0 Å². The topological polar surface area (TPSA) is 45.2 Å². The summed E-state index contributed by atoms with van der Waals surface area (Å²) in [7, 11) is 3.68. The Morgan fingerprint density at radius 1 is 1.59 bits per heavy atom. The molecule has 0 unspecified atom stereocenters. The summed E-state index contributed by atoms with van der Waals surface area (Å²) in [5.41, 5.74) is 0.700. The lowest BCUT2D eigenvalue weighted by Crippen LogP contribution is -2.34. The van der Waals surface area contributed by atoms with E-state index in [1.165, 1.54) is 19.3 Å². The molecule has 1 N–H and O–H groups in total. The van der Waals surface area contributed by atoms with Gasteiger partial charge in [-0.3, -0.25) is 4.79 Å². The van der Waals surface area contributed by atoms with E-state index < -0.39 is 0 Å². The molecule has 4 nitrogen and oxygen atoms in total. The lowest BCUT2D eigenvalue weighted by molar-refractivity contribution is 0.0745. The van der Waals surface area contributed by atoms with Crippen LogP contribution in [0.25, 0.3) is 0 Å². The van der Waals surface area contributed by atoms with Gasteiger partial charge in [-0.1, -0.05) is 6.42 Å². The van der Waals surface area contributed by atoms with E-state index >= 15 is 0 Å². The van der Waals surface area contributed by atoms with Crippen molar-refractivity contribution in [2.24, 2.45) is 5.92 Å². The van der Waals surface area contributed by atoms with Gasteiger partial charge in [0.15, 0.2) is 0 Å². The van der Waals surface area contributed by atoms with Crippen LogP contribution in [0.4, 0.5) is 5.82 Å². The van der Waals surface area contributed by atoms with Gasteiger partial charge in [0, 0.05) is 32.4 Å². The molecule has 0 spiro atoms. The van der Waals surface area contributed by atoms with Gasteiger partial charge in [0.05, 0.1) is 0 Å². The summed E-state index contributed by atoms with van der Waals surface area (Å²) >= 11 is 0. The highest BCUT2D eigenvalue weighted by atomic mass is 16.2. The van der Waals surface area contributed by atoms with Gasteiger partial charge in [-0.05, 0) is 30.9 Å². The van der Waals surface area contributed by atoms with Crippen LogP contribution >= 0.6 is 0 Å². The van der Waals surface area contributed by atoms with E-state index in [0.717, 1.165) is 12.4 Å². The van der Waals surface area contributed by atoms with E-state index in [1.54, 1.807) is 25.4 Å². The highest BCUT2D eigenvalue weighted by Crippen LogP contribution is 2.27. The second-order valence-electron chi connectivity index (χ2n) is 4.66. The zero-order valence-electron chi connectivity index (χ0n) is 10.4. The number of nitrogens with zero attached hydrogens (tertiary/aromatic N) is 2. The molecule has 1 fully saturated rings. The number of anilines is 1. The average molecular weight is 233 g/mol. The molecule has 1 aliphatic rings. The molecule has 4 heteroatoms. The maximum atomic E-state index is 12.2. The van der Waals surface area contributed by atoms with Crippen molar-refractivity contribution in [3.63, 3.8) is 0 Å². The standard InChI is InChI=1S/C13H19N3O/c1-14-12-8-11(6-7-15-12)13(17)16(2)9-10-4-3-5-10/h6-8,10H,3-5,9H2,1-2H3,(H,14,15). The SMILES string of the molecule is CNc1cc(C(=O)N(C)CC2CCC2)ccn1. The quantitative estimate of drug-likeness (QED) is 0.865. The molecular weight excluding hydrogens is 214 g/mol. The molecule has 1 amide bonds. The van der Waals surface area contributed by atoms with Crippen LogP contribution < -0.4 is 5.32 Å². The molecule has 1 heterocycles. The number of hydrogen-bond donors (Lipinski definition) is 1. The Hall–Kier alpha value is -1.58. The molecule has 1 aromatic heterocycles. The summed E-state index contributed by atoms with van der Waals surface area (Å²) in [5, 5.41) is 2.94. The van der Waals surface area contributed by atoms with Gasteiger partial charge in [-0.2, -0.15) is 0 Å². The van der Waals surface area contributed by atoms with Gasteiger partial charge in [-0.15, -0.1) is 0 Å². The molecule has 1 aliphatic carbocycles. The first kappa shape index (κ1) is 11.9. The minimum Gasteiger partial charge on any atom is -0.373 e. The summed E-state index contributed by atoms with van der Waals surface area (Å²) in [6.45, 7) is 0.871. The van der Waals surface area contributed by atoms with Gasteiger partial charge < -0.3 is 10.2 Å². The molecule has 0 aliphatic heterocycles. The van der Waals surface area contributed by atoms with Crippen LogP contribution in [0.1, 0.15) is 29.6 Å². The summed E-state index contributed by atoms with van der Waals surface area (Å²) in [5.74, 6) is 1.51. The number of pyridine rings is 1. The van der Waals surface area contributed by atoms with Crippen molar-refractivity contribution in [3.05, 3.63) is 23.9 Å². The maximum absolute atomic E-state index is 12.2. The van der Waals surface area contributed by atoms with Crippen molar-refractivity contribution in [2.45, 2.75) is 19.3 Å². The number of carbonyl (C=O) groups is 1. The largest absolute Gasteiger partial charge is 0.373 e. The van der Waals surface area contributed by atoms with Crippen molar-refractivity contribution < 1.29 is 4.79 Å². The minimum atomic E-state index is 0.0794. The van der Waals surface area contributed by atoms with E-state index in [4.69, 9.17) is 0 Å². The summed E-state index contributed by atoms with van der Waals surface area (Å²) in [4.78, 5) is 18.1. The zero-order valence-corrected chi connectivity index (χ0v) is 10.4. The van der Waals surface area contributed by atoms with Crippen molar-refractivity contribution >= 4 is 11.7 Å². The lowest BCUT2D eigenvalue weighted by Gasteiger charge is -2.30. The monoisotopic (exact) mass is 233 g/mol. The third-order valence-corrected chi connectivity index (χ3v) is 3.37. The molecule has 0 radical (unpaired) electrons. The molecular formula is C13H19N3O. The first-order valence-corrected chi connectivity index (χ1v) is 6.10. The summed E-state index contributed by atoms with van der Waals surface area (Å²) < 4.78 is 0. The first-order valence-electron chi connectivity index (χ1n) is 6.10. The van der Waals surface area contributed by atoms with Gasteiger partial charge in [0.1, 0.15) is 5.82 Å². The van der Waals surface area contributed by atoms with E-state index in [9.17, 15) is 4.79 Å². The minimum absolute atomic E-state index is 0.0794. The molecule has 0 bridgehead atoms. The van der Waals surface area contributed by atoms with E-state index in [-0.39, 0.29) is 5.91 Å². The van der Waals surface area contributed by atoms with Gasteiger partial charge in [-0.25, -0.2) is 4.98 Å². The smallest absolute Gasteiger partial charge is 0.253 e. The number of amides is 1. The Morgan fingerprint density at radius 3 is 2.94 bits per heavy atom. The van der Waals surface area contributed by atoms with Crippen LogP contribution in [0, 0.1) is 5.92 Å². The molecule has 2 rings (SSSR count). The third-order valence-electron chi connectivity index (χ3n) is 3.37. The fourth-order valence-electron chi connectivity index (χ4n) is 2.07. The predicted octanol–water partition coefficient (Wildman–Crippen LogP) is 2.00. The number of aromatic nitrogens is 1. The van der Waals surface area contributed by atoms with Crippen LogP contribution in [0.3, 0.4) is 0 Å². The number of hydrogen-bond acceptors (Lipinski definition) is 3. The Balaban J connectivity index is 2.01. The summed E-state index contributed by atoms with van der Waals surface area (Å²) in [6, 6.07) is 3.56. The number of carbonyl (C=O) groups excluding carboxylic acids is 1. The molecule has 1 aromatic rings. The van der Waals surface area contributed by atoms with Crippen molar-refractivity contribution in [1.29, 1.82) is 0 Å². The second kappa shape index (κ2) is 5.17. The summed E-state index contributed by atoms with van der Waals surface area (Å²) in [6.07, 6.45) is 5.49. The fraction of sp³-hybridized carbons (Fsp3) is 0.538. The van der Waals surface area contributed by atoms with Crippen LogP contribution in [0.2, 0.25) is 0 Å². The molecule has 0 aromatic carbocycles. The Labute approximate surface area is 102 Å². The van der Waals surface area contributed by atoms with Crippen molar-refractivity contribution in [1.82, 2.24) is 9.88 Å². The second-order valence-corrected chi connectivity index (χ2v) is 4.66. The number of nitrogens with one attached hydrogen (secondary N) is 1. The highest BCUT2D eigenvalue weighted by molar-refractivity contribution is 5.94. The maximum Gasteiger partial charge on any atom is 0.253 e. The van der Waals surface area contributed by atoms with E-state index in [0.29, 0.717) is 11.5 Å². The predicted molar refractivity (Wildman–Crippen MR) is 68.1 cm³/mol. The Morgan fingerprint density at radius 2 is 2.35 bits per heavy atom. The zero-order chi connectivity index (χ0) is 12.3. The Kier molecular flexibility index (Phi) is 3.61. The van der Waals surface area contributed by atoms with Crippen LogP contribution in [0.15, 0.2) is 18.3 Å². The lowest BCUT2D eigenvalue weighted by atomic mass is 9.85. The van der Waals surface area contributed by atoms with Crippen LogP contribution in [-0.2, 0) is 0 Å². The molecule has 92 valence electrons. The first-order chi connectivity index (χ1) is 8.20. The van der Waals surface area contributed by atoms with Gasteiger partial charge in [0.2, 0.25) is 0 Å². The molecule has 17 heavy (non-hydrogen) atoms. The third kappa shape index (κ3) is 2.75. The highest BCUT2D eigenvalue weighted by Gasteiger charge is 2.22. The molecule has 1 saturated carbocycles. The number of rotatable bonds is 4.